The Kier molecular flexibility index (Phi) is 4.65. The van der Waals surface area contributed by atoms with Crippen molar-refractivity contribution in [2.75, 3.05) is 0 Å². The average molecular weight is 309 g/mol. The van der Waals surface area contributed by atoms with Crippen LogP contribution in [-0.2, 0) is 10.8 Å². The molecule has 0 atom stereocenters. The van der Waals surface area contributed by atoms with E-state index < -0.39 is 0 Å². The SMILES string of the molecule is CC(C)(C)c1c(O)ccc(/C=C/c2ccncc2)c1C(C)(C)C. The molecule has 2 heteroatoms. The van der Waals surface area contributed by atoms with E-state index in [1.807, 2.05) is 24.3 Å². The normalized spacial score (nSPS) is 12.8. The molecule has 0 aliphatic heterocycles. The Morgan fingerprint density at radius 1 is 0.783 bits per heavy atom. The maximum Gasteiger partial charge on any atom is 0.119 e. The number of rotatable bonds is 2. The average Bonchev–Trinajstić information content (AvgIpc) is 2.44. The van der Waals surface area contributed by atoms with E-state index in [4.69, 9.17) is 0 Å². The lowest BCUT2D eigenvalue weighted by atomic mass is 9.72. The second-order valence-electron chi connectivity index (χ2n) is 8.04. The molecule has 122 valence electrons. The molecule has 0 amide bonds. The van der Waals surface area contributed by atoms with Crippen LogP contribution in [0.5, 0.6) is 5.75 Å². The number of hydrogen-bond donors (Lipinski definition) is 1. The van der Waals surface area contributed by atoms with Crippen LogP contribution in [0.1, 0.15) is 63.8 Å². The summed E-state index contributed by atoms with van der Waals surface area (Å²) >= 11 is 0. The number of benzene rings is 1. The fraction of sp³-hybridized carbons (Fsp3) is 0.381. The molecule has 1 N–H and O–H groups in total. The predicted molar refractivity (Wildman–Crippen MR) is 98.7 cm³/mol. The molecular weight excluding hydrogens is 282 g/mol. The molecule has 2 nitrogen and oxygen atoms in total. The number of pyridine rings is 1. The first-order chi connectivity index (χ1) is 10.6. The highest BCUT2D eigenvalue weighted by molar-refractivity contribution is 5.73. The highest BCUT2D eigenvalue weighted by Gasteiger charge is 2.29. The van der Waals surface area contributed by atoms with Crippen molar-refractivity contribution in [1.29, 1.82) is 0 Å². The summed E-state index contributed by atoms with van der Waals surface area (Å²) < 4.78 is 0. The summed E-state index contributed by atoms with van der Waals surface area (Å²) in [6, 6.07) is 7.78. The maximum absolute atomic E-state index is 10.5. The van der Waals surface area contributed by atoms with Gasteiger partial charge in [0, 0.05) is 18.0 Å². The predicted octanol–water partition coefficient (Wildman–Crippen LogP) is 5.55. The Hall–Kier alpha value is -2.09. The largest absolute Gasteiger partial charge is 0.508 e. The lowest BCUT2D eigenvalue weighted by Gasteiger charge is -2.32. The minimum atomic E-state index is -0.118. The van der Waals surface area contributed by atoms with Crippen molar-refractivity contribution in [3.8, 4) is 5.75 Å². The Morgan fingerprint density at radius 2 is 1.35 bits per heavy atom. The molecule has 0 fully saturated rings. The fourth-order valence-corrected chi connectivity index (χ4v) is 2.97. The van der Waals surface area contributed by atoms with Gasteiger partial charge in [-0.2, -0.15) is 0 Å². The molecule has 1 heterocycles. The van der Waals surface area contributed by atoms with Crippen LogP contribution in [-0.4, -0.2) is 10.1 Å². The summed E-state index contributed by atoms with van der Waals surface area (Å²) in [7, 11) is 0. The molecule has 0 unspecified atom stereocenters. The summed E-state index contributed by atoms with van der Waals surface area (Å²) in [6.45, 7) is 13.0. The quantitative estimate of drug-likeness (QED) is 0.788. The van der Waals surface area contributed by atoms with Crippen molar-refractivity contribution in [2.24, 2.45) is 0 Å². The van der Waals surface area contributed by atoms with Gasteiger partial charge >= 0.3 is 0 Å². The summed E-state index contributed by atoms with van der Waals surface area (Å²) in [6.07, 6.45) is 7.81. The van der Waals surface area contributed by atoms with Gasteiger partial charge in [-0.25, -0.2) is 0 Å². The topological polar surface area (TPSA) is 33.1 Å². The van der Waals surface area contributed by atoms with Gasteiger partial charge in [-0.3, -0.25) is 4.98 Å². The number of aromatic hydroxyl groups is 1. The molecule has 2 rings (SSSR count). The van der Waals surface area contributed by atoms with E-state index in [0.29, 0.717) is 5.75 Å². The van der Waals surface area contributed by atoms with Gasteiger partial charge in [0.2, 0.25) is 0 Å². The van der Waals surface area contributed by atoms with Crippen LogP contribution in [0.4, 0.5) is 0 Å². The van der Waals surface area contributed by atoms with Crippen molar-refractivity contribution in [3.05, 3.63) is 58.9 Å². The summed E-state index contributed by atoms with van der Waals surface area (Å²) in [5.74, 6) is 0.378. The lowest BCUT2D eigenvalue weighted by Crippen LogP contribution is -2.23. The minimum Gasteiger partial charge on any atom is -0.508 e. The first kappa shape index (κ1) is 17.3. The van der Waals surface area contributed by atoms with Crippen molar-refractivity contribution >= 4 is 12.2 Å². The van der Waals surface area contributed by atoms with E-state index in [0.717, 1.165) is 16.7 Å². The first-order valence-electron chi connectivity index (χ1n) is 8.06. The molecule has 0 saturated heterocycles. The zero-order valence-corrected chi connectivity index (χ0v) is 15.0. The van der Waals surface area contributed by atoms with E-state index in [1.165, 1.54) is 5.56 Å². The van der Waals surface area contributed by atoms with E-state index in [2.05, 4.69) is 58.7 Å². The highest BCUT2D eigenvalue weighted by Crippen LogP contribution is 2.41. The molecule has 0 aliphatic carbocycles. The molecular formula is C21H27NO. The van der Waals surface area contributed by atoms with Gasteiger partial charge in [0.25, 0.3) is 0 Å². The van der Waals surface area contributed by atoms with Crippen molar-refractivity contribution in [3.63, 3.8) is 0 Å². The zero-order chi connectivity index (χ0) is 17.3. The Bertz CT molecular complexity index is 701. The van der Waals surface area contributed by atoms with Crippen LogP contribution >= 0.6 is 0 Å². The van der Waals surface area contributed by atoms with Crippen molar-refractivity contribution in [1.82, 2.24) is 4.98 Å². The summed E-state index contributed by atoms with van der Waals surface area (Å²) in [5, 5.41) is 10.5. The highest BCUT2D eigenvalue weighted by atomic mass is 16.3. The molecule has 1 aromatic heterocycles. The maximum atomic E-state index is 10.5. The van der Waals surface area contributed by atoms with E-state index in [9.17, 15) is 5.11 Å². The number of nitrogens with zero attached hydrogens (tertiary/aromatic N) is 1. The standard InChI is InChI=1S/C21H27NO/c1-20(2,3)18-16(8-7-15-11-13-22-14-12-15)9-10-17(23)19(18)21(4,5)6/h7-14,23H,1-6H3/b8-7+. The Labute approximate surface area is 139 Å². The van der Waals surface area contributed by atoms with Gasteiger partial charge in [-0.1, -0.05) is 59.8 Å². The molecule has 0 spiro atoms. The van der Waals surface area contributed by atoms with Crippen LogP contribution < -0.4 is 0 Å². The molecule has 23 heavy (non-hydrogen) atoms. The van der Waals surface area contributed by atoms with Crippen molar-refractivity contribution < 1.29 is 5.11 Å². The summed E-state index contributed by atoms with van der Waals surface area (Å²) in [4.78, 5) is 4.05. The van der Waals surface area contributed by atoms with Crippen LogP contribution in [0.15, 0.2) is 36.7 Å². The van der Waals surface area contributed by atoms with Crippen molar-refractivity contribution in [2.45, 2.75) is 52.4 Å². The fourth-order valence-electron chi connectivity index (χ4n) is 2.97. The number of phenolic OH excluding ortho intramolecular Hbond substituents is 1. The van der Waals surface area contributed by atoms with Gasteiger partial charge in [-0.05, 0) is 45.7 Å². The number of aromatic nitrogens is 1. The molecule has 1 aromatic carbocycles. The lowest BCUT2D eigenvalue weighted by molar-refractivity contribution is 0.435. The third-order valence-electron chi connectivity index (χ3n) is 3.88. The third kappa shape index (κ3) is 4.01. The Morgan fingerprint density at radius 3 is 1.87 bits per heavy atom. The van der Waals surface area contributed by atoms with Gasteiger partial charge in [0.15, 0.2) is 0 Å². The molecule has 2 aromatic rings. The minimum absolute atomic E-state index is 0.0563. The second-order valence-corrected chi connectivity index (χ2v) is 8.04. The number of phenols is 1. The van der Waals surface area contributed by atoms with Gasteiger partial charge < -0.3 is 5.11 Å². The van der Waals surface area contributed by atoms with Gasteiger partial charge in [0.1, 0.15) is 5.75 Å². The molecule has 0 aliphatic rings. The summed E-state index contributed by atoms with van der Waals surface area (Å²) in [5.41, 5.74) is 4.33. The molecule has 0 saturated carbocycles. The third-order valence-corrected chi connectivity index (χ3v) is 3.88. The van der Waals surface area contributed by atoms with E-state index in [-0.39, 0.29) is 10.8 Å². The van der Waals surface area contributed by atoms with Crippen LogP contribution in [0.2, 0.25) is 0 Å². The van der Waals surface area contributed by atoms with Crippen LogP contribution in [0.25, 0.3) is 12.2 Å². The van der Waals surface area contributed by atoms with E-state index in [1.54, 1.807) is 12.4 Å². The number of hydrogen-bond acceptors (Lipinski definition) is 2. The molecule has 0 bridgehead atoms. The van der Waals surface area contributed by atoms with Gasteiger partial charge in [-0.15, -0.1) is 0 Å². The van der Waals surface area contributed by atoms with Gasteiger partial charge in [0.05, 0.1) is 0 Å². The first-order valence-corrected chi connectivity index (χ1v) is 8.06. The van der Waals surface area contributed by atoms with Crippen LogP contribution in [0.3, 0.4) is 0 Å². The zero-order valence-electron chi connectivity index (χ0n) is 15.0. The molecule has 0 radical (unpaired) electrons. The Balaban J connectivity index is 2.63. The monoisotopic (exact) mass is 309 g/mol. The smallest absolute Gasteiger partial charge is 0.119 e. The van der Waals surface area contributed by atoms with Crippen LogP contribution in [0, 0.1) is 0 Å². The second kappa shape index (κ2) is 6.19. The van der Waals surface area contributed by atoms with E-state index >= 15 is 0 Å².